The van der Waals surface area contributed by atoms with E-state index in [1.54, 1.807) is 0 Å². The Kier molecular flexibility index (Phi) is 5.68. The Hall–Kier alpha value is -0.840. The molecule has 0 aliphatic heterocycles. The van der Waals surface area contributed by atoms with Crippen LogP contribution in [-0.4, -0.2) is 31.3 Å². The second-order valence-electron chi connectivity index (χ2n) is 4.14. The first-order chi connectivity index (χ1) is 8.04. The van der Waals surface area contributed by atoms with Gasteiger partial charge in [0.05, 0.1) is 23.4 Å². The Morgan fingerprint density at radius 1 is 1.47 bits per heavy atom. The number of hydrogen-bond acceptors (Lipinski definition) is 4. The molecule has 0 aliphatic carbocycles. The van der Waals surface area contributed by atoms with Crippen molar-refractivity contribution in [3.63, 3.8) is 0 Å². The third-order valence-electron chi connectivity index (χ3n) is 2.37. The first-order valence-corrected chi connectivity index (χ1v) is 6.10. The number of ether oxygens (including phenoxy) is 1. The highest BCUT2D eigenvalue weighted by atomic mass is 35.5. The number of hydrogen-bond donors (Lipinski definition) is 1. The Balaban J connectivity index is 2.59. The Bertz CT molecular complexity index is 358. The van der Waals surface area contributed by atoms with E-state index in [1.165, 1.54) is 0 Å². The molecule has 1 heterocycles. The molecule has 1 aromatic heterocycles. The topological polar surface area (TPSA) is 51.4 Å². The summed E-state index contributed by atoms with van der Waals surface area (Å²) in [5.41, 5.74) is 6.29. The fourth-order valence-electron chi connectivity index (χ4n) is 1.37. The van der Waals surface area contributed by atoms with E-state index in [0.717, 1.165) is 18.1 Å². The van der Waals surface area contributed by atoms with Crippen LogP contribution in [0.3, 0.4) is 0 Å². The van der Waals surface area contributed by atoms with E-state index in [4.69, 9.17) is 22.1 Å². The van der Waals surface area contributed by atoms with Gasteiger partial charge in [0.25, 0.3) is 0 Å². The molecule has 0 atom stereocenters. The molecule has 0 saturated heterocycles. The smallest absolute Gasteiger partial charge is 0.128 e. The van der Waals surface area contributed by atoms with Crippen molar-refractivity contribution in [2.75, 3.05) is 25.1 Å². The summed E-state index contributed by atoms with van der Waals surface area (Å²) in [4.78, 5) is 6.43. The zero-order valence-corrected chi connectivity index (χ0v) is 11.4. The molecule has 0 unspecified atom stereocenters. The van der Waals surface area contributed by atoms with Crippen molar-refractivity contribution in [2.45, 2.75) is 26.5 Å². The van der Waals surface area contributed by atoms with Crippen LogP contribution in [-0.2, 0) is 11.3 Å². The summed E-state index contributed by atoms with van der Waals surface area (Å²) in [6.45, 7) is 5.86. The van der Waals surface area contributed by atoms with Gasteiger partial charge < -0.3 is 15.4 Å². The van der Waals surface area contributed by atoms with Gasteiger partial charge in [0.2, 0.25) is 0 Å². The van der Waals surface area contributed by atoms with E-state index >= 15 is 0 Å². The van der Waals surface area contributed by atoms with Gasteiger partial charge in [-0.15, -0.1) is 0 Å². The van der Waals surface area contributed by atoms with E-state index in [0.29, 0.717) is 18.2 Å². The average molecular weight is 258 g/mol. The first kappa shape index (κ1) is 14.2. The van der Waals surface area contributed by atoms with Gasteiger partial charge >= 0.3 is 0 Å². The van der Waals surface area contributed by atoms with Crippen LogP contribution in [0.5, 0.6) is 0 Å². The van der Waals surface area contributed by atoms with Gasteiger partial charge in [-0.1, -0.05) is 11.6 Å². The maximum Gasteiger partial charge on any atom is 0.128 e. The van der Waals surface area contributed by atoms with Crippen LogP contribution in [0, 0.1) is 0 Å². The minimum Gasteiger partial charge on any atom is -0.377 e. The van der Waals surface area contributed by atoms with Crippen molar-refractivity contribution in [1.82, 2.24) is 4.98 Å². The van der Waals surface area contributed by atoms with Crippen LogP contribution in [0.2, 0.25) is 5.02 Å². The molecular weight excluding hydrogens is 238 g/mol. The molecule has 0 fully saturated rings. The Morgan fingerprint density at radius 3 is 2.76 bits per heavy atom. The molecule has 17 heavy (non-hydrogen) atoms. The summed E-state index contributed by atoms with van der Waals surface area (Å²) in [6.07, 6.45) is 0.251. The minimum atomic E-state index is 0.251. The summed E-state index contributed by atoms with van der Waals surface area (Å²) in [5.74, 6) is 0.863. The highest BCUT2D eigenvalue weighted by Gasteiger charge is 2.06. The molecule has 0 aromatic carbocycles. The van der Waals surface area contributed by atoms with Crippen molar-refractivity contribution in [1.29, 1.82) is 0 Å². The van der Waals surface area contributed by atoms with Gasteiger partial charge in [0, 0.05) is 20.1 Å². The average Bonchev–Trinajstić information content (AvgIpc) is 2.29. The SMILES string of the molecule is CC(C)OCCN(C)c1ccc(Cl)c(CN)n1. The number of nitrogens with two attached hydrogens (primary N) is 1. The molecule has 4 nitrogen and oxygen atoms in total. The summed E-state index contributed by atoms with van der Waals surface area (Å²) in [7, 11) is 1.97. The zero-order chi connectivity index (χ0) is 12.8. The molecule has 96 valence electrons. The monoisotopic (exact) mass is 257 g/mol. The van der Waals surface area contributed by atoms with Gasteiger partial charge in [-0.3, -0.25) is 0 Å². The zero-order valence-electron chi connectivity index (χ0n) is 10.6. The van der Waals surface area contributed by atoms with Crippen LogP contribution >= 0.6 is 11.6 Å². The fraction of sp³-hybridized carbons (Fsp3) is 0.583. The highest BCUT2D eigenvalue weighted by Crippen LogP contribution is 2.18. The summed E-state index contributed by atoms with van der Waals surface area (Å²) >= 11 is 5.96. The number of aromatic nitrogens is 1. The van der Waals surface area contributed by atoms with Gasteiger partial charge in [0.15, 0.2) is 0 Å². The molecule has 0 amide bonds. The van der Waals surface area contributed by atoms with Gasteiger partial charge in [-0.25, -0.2) is 4.98 Å². The van der Waals surface area contributed by atoms with E-state index in [2.05, 4.69) is 4.98 Å². The summed E-state index contributed by atoms with van der Waals surface area (Å²) < 4.78 is 5.49. The normalized spacial score (nSPS) is 10.9. The van der Waals surface area contributed by atoms with Crippen LogP contribution in [0.25, 0.3) is 0 Å². The molecule has 2 N–H and O–H groups in total. The molecule has 0 aliphatic rings. The van der Waals surface area contributed by atoms with Crippen LogP contribution in [0.15, 0.2) is 12.1 Å². The highest BCUT2D eigenvalue weighted by molar-refractivity contribution is 6.31. The second-order valence-corrected chi connectivity index (χ2v) is 4.55. The van der Waals surface area contributed by atoms with E-state index in [1.807, 2.05) is 37.9 Å². The van der Waals surface area contributed by atoms with Crippen LogP contribution in [0.1, 0.15) is 19.5 Å². The second kappa shape index (κ2) is 6.79. The Morgan fingerprint density at radius 2 is 2.18 bits per heavy atom. The van der Waals surface area contributed by atoms with E-state index < -0.39 is 0 Å². The number of pyridine rings is 1. The molecule has 5 heteroatoms. The molecule has 0 bridgehead atoms. The number of likely N-dealkylation sites (N-methyl/N-ethyl adjacent to an activating group) is 1. The van der Waals surface area contributed by atoms with Crippen molar-refractivity contribution < 1.29 is 4.74 Å². The lowest BCUT2D eigenvalue weighted by Gasteiger charge is -2.19. The van der Waals surface area contributed by atoms with Crippen LogP contribution < -0.4 is 10.6 Å². The summed E-state index contributed by atoms with van der Waals surface area (Å²) in [6, 6.07) is 3.71. The molecule has 1 aromatic rings. The lowest BCUT2D eigenvalue weighted by Crippen LogP contribution is -2.25. The van der Waals surface area contributed by atoms with E-state index in [9.17, 15) is 0 Å². The van der Waals surface area contributed by atoms with Gasteiger partial charge in [-0.2, -0.15) is 0 Å². The van der Waals surface area contributed by atoms with Gasteiger partial charge in [-0.05, 0) is 26.0 Å². The number of halogens is 1. The van der Waals surface area contributed by atoms with Crippen molar-refractivity contribution in [3.8, 4) is 0 Å². The van der Waals surface area contributed by atoms with Crippen molar-refractivity contribution in [2.24, 2.45) is 5.73 Å². The maximum atomic E-state index is 5.96. The standard InChI is InChI=1S/C12H20ClN3O/c1-9(2)17-7-6-16(3)12-5-4-10(13)11(8-14)15-12/h4-5,9H,6-8,14H2,1-3H3. The fourth-order valence-corrected chi connectivity index (χ4v) is 1.55. The van der Waals surface area contributed by atoms with Gasteiger partial charge in [0.1, 0.15) is 5.82 Å². The molecule has 0 radical (unpaired) electrons. The lowest BCUT2D eigenvalue weighted by atomic mass is 10.3. The molecular formula is C12H20ClN3O. The first-order valence-electron chi connectivity index (χ1n) is 5.72. The number of anilines is 1. The number of nitrogens with zero attached hydrogens (tertiary/aromatic N) is 2. The van der Waals surface area contributed by atoms with Crippen LogP contribution in [0.4, 0.5) is 5.82 Å². The predicted octanol–water partition coefficient (Wildman–Crippen LogP) is 2.05. The minimum absolute atomic E-state index is 0.251. The lowest BCUT2D eigenvalue weighted by molar-refractivity contribution is 0.0845. The summed E-state index contributed by atoms with van der Waals surface area (Å²) in [5, 5.41) is 0.614. The van der Waals surface area contributed by atoms with Crippen molar-refractivity contribution >= 4 is 17.4 Å². The van der Waals surface area contributed by atoms with Crippen molar-refractivity contribution in [3.05, 3.63) is 22.8 Å². The molecule has 0 spiro atoms. The van der Waals surface area contributed by atoms with E-state index in [-0.39, 0.29) is 6.10 Å². The third kappa shape index (κ3) is 4.50. The number of rotatable bonds is 6. The largest absolute Gasteiger partial charge is 0.377 e. The quantitative estimate of drug-likeness (QED) is 0.848. The predicted molar refractivity (Wildman–Crippen MR) is 71.5 cm³/mol. The Labute approximate surface area is 108 Å². The molecule has 1 rings (SSSR count). The maximum absolute atomic E-state index is 5.96. The third-order valence-corrected chi connectivity index (χ3v) is 2.71. The molecule has 0 saturated carbocycles.